The largest absolute Gasteiger partial charge is 0.360 e. The van der Waals surface area contributed by atoms with E-state index in [1.807, 2.05) is 24.3 Å². The van der Waals surface area contributed by atoms with Crippen molar-refractivity contribution in [2.45, 2.75) is 33.1 Å². The number of hydrogen-bond acceptors (Lipinski definition) is 3. The number of nitrogens with one attached hydrogen (secondary N) is 2. The molecule has 5 nitrogen and oxygen atoms in total. The Balaban J connectivity index is 1.98. The van der Waals surface area contributed by atoms with E-state index in [4.69, 9.17) is 4.52 Å². The lowest BCUT2D eigenvalue weighted by Gasteiger charge is -2.19. The topological polar surface area (TPSA) is 67.2 Å². The van der Waals surface area contributed by atoms with Crippen LogP contribution in [0.1, 0.15) is 32.1 Å². The molecule has 5 heteroatoms. The van der Waals surface area contributed by atoms with Crippen LogP contribution in [0, 0.1) is 6.92 Å². The summed E-state index contributed by atoms with van der Waals surface area (Å²) in [6.07, 6.45) is 0. The Kier molecular flexibility index (Phi) is 3.79. The second-order valence-electron chi connectivity index (χ2n) is 5.73. The number of aryl methyl sites for hydroxylation is 1. The van der Waals surface area contributed by atoms with Crippen LogP contribution in [0.15, 0.2) is 34.9 Å². The minimum Gasteiger partial charge on any atom is -0.360 e. The van der Waals surface area contributed by atoms with Gasteiger partial charge in [-0.05, 0) is 30.0 Å². The number of urea groups is 1. The molecule has 20 heavy (non-hydrogen) atoms. The highest BCUT2D eigenvalue weighted by atomic mass is 16.5. The number of anilines is 2. The standard InChI is InChI=1S/C15H19N3O2/c1-10-9-13(18-20-10)17-14(19)16-12-7-5-11(6-8-12)15(2,3)4/h5-9H,1-4H3,(H2,16,17,18,19). The number of nitrogens with zero attached hydrogens (tertiary/aromatic N) is 1. The van der Waals surface area contributed by atoms with Gasteiger partial charge in [0.25, 0.3) is 0 Å². The molecule has 1 aromatic carbocycles. The quantitative estimate of drug-likeness (QED) is 0.871. The molecule has 0 aliphatic heterocycles. The molecule has 0 fully saturated rings. The van der Waals surface area contributed by atoms with Gasteiger partial charge in [0.15, 0.2) is 5.82 Å². The molecule has 2 N–H and O–H groups in total. The van der Waals surface area contributed by atoms with Gasteiger partial charge in [-0.3, -0.25) is 5.32 Å². The van der Waals surface area contributed by atoms with E-state index < -0.39 is 0 Å². The minimum atomic E-state index is -0.346. The predicted molar refractivity (Wildman–Crippen MR) is 79.0 cm³/mol. The van der Waals surface area contributed by atoms with E-state index in [0.717, 1.165) is 5.69 Å². The van der Waals surface area contributed by atoms with Crippen LogP contribution in [0.2, 0.25) is 0 Å². The van der Waals surface area contributed by atoms with E-state index in [9.17, 15) is 4.79 Å². The van der Waals surface area contributed by atoms with Gasteiger partial charge >= 0.3 is 6.03 Å². The number of amides is 2. The Labute approximate surface area is 118 Å². The van der Waals surface area contributed by atoms with Crippen molar-refractivity contribution in [2.75, 3.05) is 10.6 Å². The summed E-state index contributed by atoms with van der Waals surface area (Å²) in [4.78, 5) is 11.8. The molecule has 0 saturated heterocycles. The lowest BCUT2D eigenvalue weighted by atomic mass is 9.87. The number of hydrogen-bond donors (Lipinski definition) is 2. The zero-order valence-electron chi connectivity index (χ0n) is 12.2. The van der Waals surface area contributed by atoms with Gasteiger partial charge in [-0.25, -0.2) is 4.79 Å². The Morgan fingerprint density at radius 1 is 1.15 bits per heavy atom. The molecule has 2 aromatic rings. The van der Waals surface area contributed by atoms with Crippen molar-refractivity contribution in [2.24, 2.45) is 0 Å². The van der Waals surface area contributed by atoms with Crippen LogP contribution in [0.5, 0.6) is 0 Å². The number of carbonyl (C=O) groups excluding carboxylic acids is 1. The van der Waals surface area contributed by atoms with E-state index in [-0.39, 0.29) is 11.4 Å². The molecule has 1 heterocycles. The molecule has 106 valence electrons. The molecule has 0 unspecified atom stereocenters. The van der Waals surface area contributed by atoms with Gasteiger partial charge in [-0.1, -0.05) is 38.1 Å². The fraction of sp³-hybridized carbons (Fsp3) is 0.333. The molecule has 0 aliphatic carbocycles. The first-order chi connectivity index (χ1) is 9.34. The summed E-state index contributed by atoms with van der Waals surface area (Å²) in [7, 11) is 0. The van der Waals surface area contributed by atoms with E-state index in [2.05, 4.69) is 36.6 Å². The summed E-state index contributed by atoms with van der Waals surface area (Å²) >= 11 is 0. The molecule has 0 saturated carbocycles. The zero-order valence-corrected chi connectivity index (χ0v) is 12.2. The van der Waals surface area contributed by atoms with E-state index >= 15 is 0 Å². The Morgan fingerprint density at radius 3 is 2.30 bits per heavy atom. The second-order valence-corrected chi connectivity index (χ2v) is 5.73. The summed E-state index contributed by atoms with van der Waals surface area (Å²) in [6, 6.07) is 9.10. The van der Waals surface area contributed by atoms with Gasteiger partial charge < -0.3 is 9.84 Å². The lowest BCUT2D eigenvalue weighted by molar-refractivity contribution is 0.262. The Bertz CT molecular complexity index is 594. The number of benzene rings is 1. The first-order valence-electron chi connectivity index (χ1n) is 6.46. The highest BCUT2D eigenvalue weighted by Crippen LogP contribution is 2.23. The Morgan fingerprint density at radius 2 is 1.80 bits per heavy atom. The maximum absolute atomic E-state index is 11.8. The number of aromatic nitrogens is 1. The van der Waals surface area contributed by atoms with E-state index in [1.165, 1.54) is 5.56 Å². The SMILES string of the molecule is Cc1cc(NC(=O)Nc2ccc(C(C)(C)C)cc2)no1. The van der Waals surface area contributed by atoms with Crippen LogP contribution in [0.4, 0.5) is 16.3 Å². The third-order valence-corrected chi connectivity index (χ3v) is 2.88. The molecular formula is C15H19N3O2. The van der Waals surface area contributed by atoms with Gasteiger partial charge in [0.2, 0.25) is 0 Å². The van der Waals surface area contributed by atoms with Crippen molar-refractivity contribution < 1.29 is 9.32 Å². The molecule has 2 rings (SSSR count). The Hall–Kier alpha value is -2.30. The summed E-state index contributed by atoms with van der Waals surface area (Å²) in [5.74, 6) is 1.04. The van der Waals surface area contributed by atoms with Crippen molar-refractivity contribution >= 4 is 17.5 Å². The summed E-state index contributed by atoms with van der Waals surface area (Å²) in [6.45, 7) is 8.21. The third-order valence-electron chi connectivity index (χ3n) is 2.88. The van der Waals surface area contributed by atoms with E-state index in [1.54, 1.807) is 13.0 Å². The van der Waals surface area contributed by atoms with Crippen LogP contribution >= 0.6 is 0 Å². The van der Waals surface area contributed by atoms with Gasteiger partial charge in [0.1, 0.15) is 5.76 Å². The summed E-state index contributed by atoms with van der Waals surface area (Å²) in [5.41, 5.74) is 2.05. The average molecular weight is 273 g/mol. The van der Waals surface area contributed by atoms with Crippen molar-refractivity contribution in [3.63, 3.8) is 0 Å². The average Bonchev–Trinajstić information content (AvgIpc) is 2.74. The van der Waals surface area contributed by atoms with Gasteiger partial charge in [-0.2, -0.15) is 0 Å². The highest BCUT2D eigenvalue weighted by Gasteiger charge is 2.13. The van der Waals surface area contributed by atoms with Crippen LogP contribution in [0.25, 0.3) is 0 Å². The van der Waals surface area contributed by atoms with Gasteiger partial charge in [0, 0.05) is 11.8 Å². The second kappa shape index (κ2) is 5.36. The number of carbonyl (C=O) groups is 1. The van der Waals surface area contributed by atoms with Gasteiger partial charge in [0.05, 0.1) is 0 Å². The lowest BCUT2D eigenvalue weighted by Crippen LogP contribution is -2.19. The van der Waals surface area contributed by atoms with Crippen LogP contribution in [0.3, 0.4) is 0 Å². The zero-order chi connectivity index (χ0) is 14.8. The molecular weight excluding hydrogens is 254 g/mol. The van der Waals surface area contributed by atoms with Crippen molar-refractivity contribution in [1.29, 1.82) is 0 Å². The summed E-state index contributed by atoms with van der Waals surface area (Å²) in [5, 5.41) is 9.04. The normalized spacial score (nSPS) is 11.2. The monoisotopic (exact) mass is 273 g/mol. The highest BCUT2D eigenvalue weighted by molar-refractivity contribution is 5.99. The molecule has 1 aromatic heterocycles. The smallest absolute Gasteiger partial charge is 0.324 e. The molecule has 0 radical (unpaired) electrons. The fourth-order valence-electron chi connectivity index (χ4n) is 1.76. The number of rotatable bonds is 2. The van der Waals surface area contributed by atoms with Crippen LogP contribution in [-0.4, -0.2) is 11.2 Å². The fourth-order valence-corrected chi connectivity index (χ4v) is 1.76. The first kappa shape index (κ1) is 14.1. The van der Waals surface area contributed by atoms with Crippen molar-refractivity contribution in [3.8, 4) is 0 Å². The van der Waals surface area contributed by atoms with Crippen molar-refractivity contribution in [1.82, 2.24) is 5.16 Å². The molecule has 0 spiro atoms. The van der Waals surface area contributed by atoms with Gasteiger partial charge in [-0.15, -0.1) is 0 Å². The van der Waals surface area contributed by atoms with Crippen LogP contribution < -0.4 is 10.6 Å². The summed E-state index contributed by atoms with van der Waals surface area (Å²) < 4.78 is 4.88. The minimum absolute atomic E-state index is 0.0963. The third kappa shape index (κ3) is 3.60. The first-order valence-corrected chi connectivity index (χ1v) is 6.46. The maximum atomic E-state index is 11.8. The molecule has 0 bridgehead atoms. The molecule has 0 atom stereocenters. The van der Waals surface area contributed by atoms with Crippen LogP contribution in [-0.2, 0) is 5.41 Å². The molecule has 2 amide bonds. The van der Waals surface area contributed by atoms with Crippen molar-refractivity contribution in [3.05, 3.63) is 41.7 Å². The maximum Gasteiger partial charge on any atom is 0.324 e. The van der Waals surface area contributed by atoms with E-state index in [0.29, 0.717) is 11.6 Å². The predicted octanol–water partition coefficient (Wildman–Crippen LogP) is 3.92. The molecule has 0 aliphatic rings.